The van der Waals surface area contributed by atoms with Gasteiger partial charge in [-0.05, 0) is 36.1 Å². The number of thioether (sulfide) groups is 1. The summed E-state index contributed by atoms with van der Waals surface area (Å²) in [4.78, 5) is 30.2. The van der Waals surface area contributed by atoms with Crippen LogP contribution in [0.2, 0.25) is 0 Å². The molecule has 0 unspecified atom stereocenters. The summed E-state index contributed by atoms with van der Waals surface area (Å²) < 4.78 is 1.65. The van der Waals surface area contributed by atoms with Gasteiger partial charge in [-0.1, -0.05) is 62.9 Å². The number of hydrogen-bond donors (Lipinski definition) is 1. The van der Waals surface area contributed by atoms with Crippen molar-refractivity contribution in [2.45, 2.75) is 38.3 Å². The Balaban J connectivity index is 2.13. The maximum Gasteiger partial charge on any atom is 0.266 e. The van der Waals surface area contributed by atoms with Gasteiger partial charge >= 0.3 is 0 Å². The molecule has 1 aromatic heterocycles. The highest BCUT2D eigenvalue weighted by atomic mass is 32.2. The number of rotatable bonds is 7. The zero-order chi connectivity index (χ0) is 20.1. The minimum atomic E-state index is -0.116. The van der Waals surface area contributed by atoms with Crippen LogP contribution < -0.4 is 10.9 Å². The number of aromatic nitrogens is 2. The molecule has 0 aliphatic carbocycles. The van der Waals surface area contributed by atoms with Gasteiger partial charge in [-0.15, -0.1) is 0 Å². The molecule has 3 rings (SSSR count). The van der Waals surface area contributed by atoms with Gasteiger partial charge in [0.2, 0.25) is 5.91 Å². The molecule has 1 amide bonds. The Morgan fingerprint density at radius 2 is 1.86 bits per heavy atom. The van der Waals surface area contributed by atoms with E-state index in [1.807, 2.05) is 49.4 Å². The van der Waals surface area contributed by atoms with Gasteiger partial charge in [-0.3, -0.25) is 14.2 Å². The van der Waals surface area contributed by atoms with Gasteiger partial charge in [0, 0.05) is 6.54 Å². The molecular formula is C22H25N3O2S. The summed E-state index contributed by atoms with van der Waals surface area (Å²) in [6.07, 6.45) is 0.886. The number of fused-ring (bicyclic) bond motifs is 1. The summed E-state index contributed by atoms with van der Waals surface area (Å²) in [7, 11) is 0. The van der Waals surface area contributed by atoms with Crippen molar-refractivity contribution in [1.29, 1.82) is 0 Å². The number of amides is 1. The highest BCUT2D eigenvalue weighted by molar-refractivity contribution is 7.99. The van der Waals surface area contributed by atoms with E-state index in [0.717, 1.165) is 17.7 Å². The predicted molar refractivity (Wildman–Crippen MR) is 115 cm³/mol. The third-order valence-corrected chi connectivity index (χ3v) is 5.39. The molecule has 0 aliphatic heterocycles. The fraction of sp³-hybridized carbons (Fsp3) is 0.318. The number of carbonyl (C=O) groups excluding carboxylic acids is 1. The molecular weight excluding hydrogens is 370 g/mol. The van der Waals surface area contributed by atoms with Crippen LogP contribution in [0.1, 0.15) is 38.7 Å². The highest BCUT2D eigenvalue weighted by Crippen LogP contribution is 2.26. The van der Waals surface area contributed by atoms with Crippen LogP contribution in [-0.4, -0.2) is 27.8 Å². The van der Waals surface area contributed by atoms with Crippen molar-refractivity contribution in [1.82, 2.24) is 14.9 Å². The summed E-state index contributed by atoms with van der Waals surface area (Å²) in [6.45, 7) is 6.86. The fourth-order valence-electron chi connectivity index (χ4n) is 3.05. The first-order chi connectivity index (χ1) is 13.5. The Morgan fingerprint density at radius 1 is 1.14 bits per heavy atom. The number of benzene rings is 2. The van der Waals surface area contributed by atoms with Crippen LogP contribution in [-0.2, 0) is 4.79 Å². The van der Waals surface area contributed by atoms with Crippen LogP contribution in [0.5, 0.6) is 0 Å². The van der Waals surface area contributed by atoms with Gasteiger partial charge in [0.1, 0.15) is 0 Å². The zero-order valence-electron chi connectivity index (χ0n) is 16.4. The molecule has 0 saturated heterocycles. The average molecular weight is 396 g/mol. The molecule has 0 bridgehead atoms. The van der Waals surface area contributed by atoms with Crippen LogP contribution >= 0.6 is 11.8 Å². The molecule has 146 valence electrons. The zero-order valence-corrected chi connectivity index (χ0v) is 17.3. The van der Waals surface area contributed by atoms with Gasteiger partial charge in [0.05, 0.1) is 22.3 Å². The minimum absolute atomic E-state index is 0.0575. The van der Waals surface area contributed by atoms with E-state index >= 15 is 0 Å². The van der Waals surface area contributed by atoms with Crippen molar-refractivity contribution < 1.29 is 4.79 Å². The summed E-state index contributed by atoms with van der Waals surface area (Å²) >= 11 is 1.29. The third-order valence-electron chi connectivity index (χ3n) is 4.45. The number of hydrogen-bond acceptors (Lipinski definition) is 4. The lowest BCUT2D eigenvalue weighted by atomic mass is 10.0. The van der Waals surface area contributed by atoms with Crippen molar-refractivity contribution in [2.75, 3.05) is 12.3 Å². The largest absolute Gasteiger partial charge is 0.355 e. The SMILES string of the molecule is CCCNC(=O)CSc1nc2ccccc2c(=O)n1-c1ccccc1C(C)C. The van der Waals surface area contributed by atoms with E-state index in [9.17, 15) is 9.59 Å². The summed E-state index contributed by atoms with van der Waals surface area (Å²) in [5.41, 5.74) is 2.41. The fourth-order valence-corrected chi connectivity index (χ4v) is 3.88. The molecule has 1 N–H and O–H groups in total. The Hall–Kier alpha value is -2.60. The second kappa shape index (κ2) is 9.06. The first-order valence-corrected chi connectivity index (χ1v) is 10.5. The average Bonchev–Trinajstić information content (AvgIpc) is 2.70. The Morgan fingerprint density at radius 3 is 2.61 bits per heavy atom. The van der Waals surface area contributed by atoms with Crippen LogP contribution in [0.15, 0.2) is 58.5 Å². The van der Waals surface area contributed by atoms with Crippen LogP contribution in [0, 0.1) is 0 Å². The molecule has 6 heteroatoms. The molecule has 3 aromatic rings. The standard InChI is InChI=1S/C22H25N3O2S/c1-4-13-23-20(26)14-28-22-24-18-11-7-5-10-17(18)21(27)25(22)19-12-8-6-9-16(19)15(2)3/h5-12,15H,4,13-14H2,1-3H3,(H,23,26). The van der Waals surface area contributed by atoms with E-state index in [0.29, 0.717) is 22.6 Å². The second-order valence-electron chi connectivity index (χ2n) is 6.90. The lowest BCUT2D eigenvalue weighted by Crippen LogP contribution is -2.27. The van der Waals surface area contributed by atoms with Crippen LogP contribution in [0.3, 0.4) is 0 Å². The molecule has 5 nitrogen and oxygen atoms in total. The predicted octanol–water partition coefficient (Wildman–Crippen LogP) is 4.13. The third kappa shape index (κ3) is 4.28. The summed E-state index contributed by atoms with van der Waals surface area (Å²) in [5.74, 6) is 0.410. The van der Waals surface area contributed by atoms with Gasteiger partial charge in [-0.2, -0.15) is 0 Å². The molecule has 0 spiro atoms. The van der Waals surface area contributed by atoms with E-state index in [1.165, 1.54) is 11.8 Å². The van der Waals surface area contributed by atoms with Crippen molar-refractivity contribution >= 4 is 28.6 Å². The van der Waals surface area contributed by atoms with Gasteiger partial charge < -0.3 is 5.32 Å². The van der Waals surface area contributed by atoms with E-state index in [-0.39, 0.29) is 23.1 Å². The number of carbonyl (C=O) groups is 1. The summed E-state index contributed by atoms with van der Waals surface area (Å²) in [6, 6.07) is 15.2. The molecule has 2 aromatic carbocycles. The van der Waals surface area contributed by atoms with Gasteiger partial charge in [-0.25, -0.2) is 4.98 Å². The van der Waals surface area contributed by atoms with E-state index in [4.69, 9.17) is 4.98 Å². The first-order valence-electron chi connectivity index (χ1n) is 9.53. The Labute approximate surface area is 169 Å². The monoisotopic (exact) mass is 395 g/mol. The van der Waals surface area contributed by atoms with E-state index in [2.05, 4.69) is 19.2 Å². The topological polar surface area (TPSA) is 64.0 Å². The van der Waals surface area contributed by atoms with Crippen molar-refractivity contribution in [3.63, 3.8) is 0 Å². The summed E-state index contributed by atoms with van der Waals surface area (Å²) in [5, 5.41) is 3.97. The molecule has 0 fully saturated rings. The smallest absolute Gasteiger partial charge is 0.266 e. The lowest BCUT2D eigenvalue weighted by Gasteiger charge is -2.18. The quantitative estimate of drug-likeness (QED) is 0.483. The molecule has 0 atom stereocenters. The lowest BCUT2D eigenvalue weighted by molar-refractivity contribution is -0.118. The van der Waals surface area contributed by atoms with E-state index in [1.54, 1.807) is 10.6 Å². The molecule has 0 aliphatic rings. The maximum atomic E-state index is 13.4. The molecule has 28 heavy (non-hydrogen) atoms. The normalized spacial score (nSPS) is 11.1. The van der Waals surface area contributed by atoms with Gasteiger partial charge in [0.15, 0.2) is 5.16 Å². The van der Waals surface area contributed by atoms with Gasteiger partial charge in [0.25, 0.3) is 5.56 Å². The van der Waals surface area contributed by atoms with Crippen molar-refractivity contribution in [2.24, 2.45) is 0 Å². The first kappa shape index (κ1) is 20.1. The molecule has 0 radical (unpaired) electrons. The minimum Gasteiger partial charge on any atom is -0.355 e. The van der Waals surface area contributed by atoms with Crippen molar-refractivity contribution in [3.05, 3.63) is 64.4 Å². The van der Waals surface area contributed by atoms with Crippen LogP contribution in [0.25, 0.3) is 16.6 Å². The molecule has 1 heterocycles. The maximum absolute atomic E-state index is 13.4. The molecule has 0 saturated carbocycles. The van der Waals surface area contributed by atoms with Crippen LogP contribution in [0.4, 0.5) is 0 Å². The van der Waals surface area contributed by atoms with E-state index < -0.39 is 0 Å². The number of nitrogens with zero attached hydrogens (tertiary/aromatic N) is 2. The Bertz CT molecular complexity index is 1040. The number of nitrogens with one attached hydrogen (secondary N) is 1. The number of para-hydroxylation sites is 2. The van der Waals surface area contributed by atoms with Crippen molar-refractivity contribution in [3.8, 4) is 5.69 Å². The second-order valence-corrected chi connectivity index (χ2v) is 7.85. The Kier molecular flexibility index (Phi) is 6.52. The highest BCUT2D eigenvalue weighted by Gasteiger charge is 2.17.